The lowest BCUT2D eigenvalue weighted by Crippen LogP contribution is -2.45. The lowest BCUT2D eigenvalue weighted by Gasteiger charge is -2.43. The molecule has 2 atom stereocenters. The van der Waals surface area contributed by atoms with Crippen LogP contribution >= 0.6 is 11.6 Å². The number of benzene rings is 2. The Bertz CT molecular complexity index is 761. The van der Waals surface area contributed by atoms with E-state index in [0.29, 0.717) is 25.4 Å². The summed E-state index contributed by atoms with van der Waals surface area (Å²) in [6.07, 6.45) is 1.48. The predicted octanol–water partition coefficient (Wildman–Crippen LogP) is 4.05. The molecule has 3 nitrogen and oxygen atoms in total. The van der Waals surface area contributed by atoms with Crippen molar-refractivity contribution in [1.29, 1.82) is 0 Å². The molecule has 24 heavy (non-hydrogen) atoms. The summed E-state index contributed by atoms with van der Waals surface area (Å²) in [7, 11) is 0. The van der Waals surface area contributed by atoms with E-state index in [2.05, 4.69) is 35.2 Å². The first-order valence-electron chi connectivity index (χ1n) is 8.44. The summed E-state index contributed by atoms with van der Waals surface area (Å²) in [5, 5.41) is 0.719. The maximum absolute atomic E-state index is 12.6. The highest BCUT2D eigenvalue weighted by Crippen LogP contribution is 2.40. The molecule has 2 aliphatic rings. The Morgan fingerprint density at radius 2 is 1.96 bits per heavy atom. The number of ether oxygens (including phenoxy) is 1. The SMILES string of the molecule is O=C1CCOC[C@@H]1[C@H]1c2ccccc2CCN1c1cccc(Cl)c1. The Hall–Kier alpha value is -1.84. The highest BCUT2D eigenvalue weighted by Gasteiger charge is 2.39. The lowest BCUT2D eigenvalue weighted by molar-refractivity contribution is -0.131. The summed E-state index contributed by atoms with van der Waals surface area (Å²) in [6, 6.07) is 16.4. The summed E-state index contributed by atoms with van der Waals surface area (Å²) in [5.74, 6) is 0.175. The molecule has 2 aromatic rings. The number of anilines is 1. The topological polar surface area (TPSA) is 29.5 Å². The maximum Gasteiger partial charge on any atom is 0.142 e. The average molecular weight is 342 g/mol. The van der Waals surface area contributed by atoms with Gasteiger partial charge in [-0.15, -0.1) is 0 Å². The van der Waals surface area contributed by atoms with Gasteiger partial charge in [0.1, 0.15) is 5.78 Å². The van der Waals surface area contributed by atoms with Gasteiger partial charge < -0.3 is 9.64 Å². The van der Waals surface area contributed by atoms with Crippen molar-refractivity contribution in [3.63, 3.8) is 0 Å². The number of ketones is 1. The third kappa shape index (κ3) is 2.83. The van der Waals surface area contributed by atoms with Gasteiger partial charge in [0.25, 0.3) is 0 Å². The smallest absolute Gasteiger partial charge is 0.142 e. The van der Waals surface area contributed by atoms with E-state index < -0.39 is 0 Å². The summed E-state index contributed by atoms with van der Waals surface area (Å²) in [5.41, 5.74) is 3.65. The van der Waals surface area contributed by atoms with Crippen LogP contribution in [0.5, 0.6) is 0 Å². The highest BCUT2D eigenvalue weighted by molar-refractivity contribution is 6.30. The van der Waals surface area contributed by atoms with Crippen LogP contribution < -0.4 is 4.90 Å². The molecule has 0 unspecified atom stereocenters. The van der Waals surface area contributed by atoms with Crippen molar-refractivity contribution in [2.75, 3.05) is 24.7 Å². The van der Waals surface area contributed by atoms with Crippen LogP contribution in [-0.2, 0) is 16.0 Å². The fraction of sp³-hybridized carbons (Fsp3) is 0.350. The fourth-order valence-electron chi connectivity index (χ4n) is 3.91. The van der Waals surface area contributed by atoms with E-state index in [9.17, 15) is 4.79 Å². The highest BCUT2D eigenvalue weighted by atomic mass is 35.5. The molecule has 124 valence electrons. The van der Waals surface area contributed by atoms with Gasteiger partial charge in [0.15, 0.2) is 0 Å². The monoisotopic (exact) mass is 341 g/mol. The van der Waals surface area contributed by atoms with Gasteiger partial charge in [-0.1, -0.05) is 41.9 Å². The second kappa shape index (κ2) is 6.58. The van der Waals surface area contributed by atoms with Crippen LogP contribution in [-0.4, -0.2) is 25.5 Å². The van der Waals surface area contributed by atoms with Gasteiger partial charge in [0.05, 0.1) is 25.2 Å². The van der Waals surface area contributed by atoms with Crippen LogP contribution in [0.1, 0.15) is 23.6 Å². The number of carbonyl (C=O) groups excluding carboxylic acids is 1. The van der Waals surface area contributed by atoms with Crippen molar-refractivity contribution in [1.82, 2.24) is 0 Å². The van der Waals surface area contributed by atoms with Gasteiger partial charge in [-0.3, -0.25) is 4.79 Å². The van der Waals surface area contributed by atoms with Crippen LogP contribution in [0.15, 0.2) is 48.5 Å². The van der Waals surface area contributed by atoms with Gasteiger partial charge in [0, 0.05) is 23.7 Å². The molecule has 0 N–H and O–H groups in total. The molecule has 0 aromatic heterocycles. The summed E-state index contributed by atoms with van der Waals surface area (Å²) in [6.45, 7) is 1.92. The first-order valence-corrected chi connectivity index (χ1v) is 8.82. The molecular formula is C20H20ClNO2. The van der Waals surface area contributed by atoms with Gasteiger partial charge in [0.2, 0.25) is 0 Å². The molecule has 4 heteroatoms. The minimum absolute atomic E-state index is 0.0150. The van der Waals surface area contributed by atoms with Crippen LogP contribution in [0.25, 0.3) is 0 Å². The molecule has 0 saturated carbocycles. The molecule has 2 aromatic carbocycles. The molecular weight excluding hydrogens is 322 g/mol. The normalized spacial score (nSPS) is 23.9. The van der Waals surface area contributed by atoms with E-state index in [1.165, 1.54) is 11.1 Å². The van der Waals surface area contributed by atoms with Crippen molar-refractivity contribution in [2.24, 2.45) is 5.92 Å². The van der Waals surface area contributed by atoms with Crippen molar-refractivity contribution in [3.8, 4) is 0 Å². The molecule has 0 bridgehead atoms. The minimum Gasteiger partial charge on any atom is -0.380 e. The van der Waals surface area contributed by atoms with E-state index in [4.69, 9.17) is 16.3 Å². The zero-order valence-electron chi connectivity index (χ0n) is 13.5. The second-order valence-electron chi connectivity index (χ2n) is 6.46. The first-order chi connectivity index (χ1) is 11.7. The Balaban J connectivity index is 1.79. The fourth-order valence-corrected chi connectivity index (χ4v) is 4.09. The van der Waals surface area contributed by atoms with Gasteiger partial charge in [-0.2, -0.15) is 0 Å². The first kappa shape index (κ1) is 15.7. The number of nitrogens with zero attached hydrogens (tertiary/aromatic N) is 1. The molecule has 0 aliphatic carbocycles. The number of rotatable bonds is 2. The molecule has 1 saturated heterocycles. The number of fused-ring (bicyclic) bond motifs is 1. The Kier molecular flexibility index (Phi) is 4.30. The van der Waals surface area contributed by atoms with Gasteiger partial charge in [-0.05, 0) is 35.7 Å². The van der Waals surface area contributed by atoms with E-state index in [1.54, 1.807) is 0 Å². The van der Waals surface area contributed by atoms with Crippen molar-refractivity contribution in [2.45, 2.75) is 18.9 Å². The maximum atomic E-state index is 12.6. The zero-order valence-corrected chi connectivity index (χ0v) is 14.2. The quantitative estimate of drug-likeness (QED) is 0.825. The minimum atomic E-state index is -0.126. The second-order valence-corrected chi connectivity index (χ2v) is 6.90. The Labute approximate surface area is 147 Å². The van der Waals surface area contributed by atoms with Crippen LogP contribution in [0.2, 0.25) is 5.02 Å². The van der Waals surface area contributed by atoms with E-state index in [1.807, 2.05) is 18.2 Å². The molecule has 1 fully saturated rings. The van der Waals surface area contributed by atoms with E-state index >= 15 is 0 Å². The summed E-state index contributed by atoms with van der Waals surface area (Å²) < 4.78 is 5.66. The third-order valence-electron chi connectivity index (χ3n) is 5.06. The largest absolute Gasteiger partial charge is 0.380 e. The lowest BCUT2D eigenvalue weighted by atomic mass is 9.81. The molecule has 0 spiro atoms. The molecule has 2 heterocycles. The number of carbonyl (C=O) groups is 1. The van der Waals surface area contributed by atoms with E-state index in [0.717, 1.165) is 23.7 Å². The van der Waals surface area contributed by atoms with Crippen LogP contribution in [0, 0.1) is 5.92 Å². The summed E-state index contributed by atoms with van der Waals surface area (Å²) >= 11 is 6.21. The number of hydrogen-bond donors (Lipinski definition) is 0. The molecule has 2 aliphatic heterocycles. The Morgan fingerprint density at radius 1 is 1.08 bits per heavy atom. The van der Waals surface area contributed by atoms with Crippen molar-refractivity contribution in [3.05, 3.63) is 64.7 Å². The van der Waals surface area contributed by atoms with Crippen molar-refractivity contribution < 1.29 is 9.53 Å². The molecule has 0 radical (unpaired) electrons. The number of Topliss-reactive ketones (excluding diaryl/α,β-unsaturated/α-hetero) is 1. The standard InChI is InChI=1S/C20H20ClNO2/c21-15-5-3-6-16(12-15)22-10-8-14-4-1-2-7-17(14)20(22)18-13-24-11-9-19(18)23/h1-7,12,18,20H,8-11,13H2/t18-,20+/m0/s1. The molecule has 4 rings (SSSR count). The number of hydrogen-bond acceptors (Lipinski definition) is 3. The Morgan fingerprint density at radius 3 is 2.79 bits per heavy atom. The average Bonchev–Trinajstić information content (AvgIpc) is 2.61. The van der Waals surface area contributed by atoms with Crippen molar-refractivity contribution >= 4 is 23.1 Å². The van der Waals surface area contributed by atoms with E-state index in [-0.39, 0.29) is 12.0 Å². The van der Waals surface area contributed by atoms with Gasteiger partial charge in [-0.25, -0.2) is 0 Å². The predicted molar refractivity (Wildman–Crippen MR) is 95.6 cm³/mol. The van der Waals surface area contributed by atoms with Crippen LogP contribution in [0.3, 0.4) is 0 Å². The molecule has 0 amide bonds. The van der Waals surface area contributed by atoms with Gasteiger partial charge >= 0.3 is 0 Å². The summed E-state index contributed by atoms with van der Waals surface area (Å²) in [4.78, 5) is 14.9. The zero-order chi connectivity index (χ0) is 16.5. The third-order valence-corrected chi connectivity index (χ3v) is 5.29. The van der Waals surface area contributed by atoms with Crippen LogP contribution in [0.4, 0.5) is 5.69 Å². The number of halogens is 1.